The van der Waals surface area contributed by atoms with Crippen LogP contribution in [-0.2, 0) is 0 Å². The molecule has 0 aliphatic rings. The normalized spacial score (nSPS) is 12.1. The summed E-state index contributed by atoms with van der Waals surface area (Å²) in [5, 5.41) is 3.57. The lowest BCUT2D eigenvalue weighted by molar-refractivity contribution is 0.542. The van der Waals surface area contributed by atoms with Crippen molar-refractivity contribution in [2.75, 3.05) is 6.54 Å². The monoisotopic (exact) mass is 243 g/mol. The van der Waals surface area contributed by atoms with E-state index in [1.807, 2.05) is 6.92 Å². The molecule has 0 amide bonds. The minimum atomic E-state index is 0.360. The first-order valence-electron chi connectivity index (χ1n) is 6.91. The molecule has 1 nitrogen and oxygen atoms in total. The summed E-state index contributed by atoms with van der Waals surface area (Å²) in [6, 6.07) is 9.30. The third kappa shape index (κ3) is 4.55. The van der Waals surface area contributed by atoms with Crippen molar-refractivity contribution < 1.29 is 0 Å². The van der Waals surface area contributed by atoms with E-state index < -0.39 is 0 Å². The molecule has 0 heterocycles. The second-order valence-corrected chi connectivity index (χ2v) is 4.96. The van der Waals surface area contributed by atoms with Gasteiger partial charge in [0.15, 0.2) is 0 Å². The number of hydrogen-bond donors (Lipinski definition) is 1. The van der Waals surface area contributed by atoms with Crippen molar-refractivity contribution >= 4 is 0 Å². The first kappa shape index (κ1) is 14.8. The van der Waals surface area contributed by atoms with Gasteiger partial charge in [0.25, 0.3) is 0 Å². The van der Waals surface area contributed by atoms with Crippen molar-refractivity contribution in [1.29, 1.82) is 0 Å². The molecular weight excluding hydrogens is 218 g/mol. The van der Waals surface area contributed by atoms with Crippen LogP contribution < -0.4 is 5.32 Å². The van der Waals surface area contributed by atoms with Crippen molar-refractivity contribution in [2.24, 2.45) is 0 Å². The molecule has 0 saturated carbocycles. The van der Waals surface area contributed by atoms with Gasteiger partial charge in [0.1, 0.15) is 0 Å². The second-order valence-electron chi connectivity index (χ2n) is 4.96. The maximum atomic E-state index is 3.57. The van der Waals surface area contributed by atoms with Gasteiger partial charge in [-0.05, 0) is 36.9 Å². The van der Waals surface area contributed by atoms with E-state index in [0.29, 0.717) is 12.0 Å². The second kappa shape index (κ2) is 7.95. The van der Waals surface area contributed by atoms with Crippen LogP contribution in [0.2, 0.25) is 0 Å². The molecule has 0 aliphatic heterocycles. The largest absolute Gasteiger partial charge is 0.309 e. The van der Waals surface area contributed by atoms with Crippen LogP contribution >= 0.6 is 0 Å². The summed E-state index contributed by atoms with van der Waals surface area (Å²) in [4.78, 5) is 0. The molecule has 1 aromatic rings. The van der Waals surface area contributed by atoms with Gasteiger partial charge in [0.2, 0.25) is 0 Å². The minimum Gasteiger partial charge on any atom is -0.309 e. The third-order valence-electron chi connectivity index (χ3n) is 3.13. The molecule has 0 aromatic heterocycles. The average molecular weight is 243 g/mol. The topological polar surface area (TPSA) is 12.0 Å². The van der Waals surface area contributed by atoms with E-state index in [-0.39, 0.29) is 0 Å². The number of hydrogen-bond acceptors (Lipinski definition) is 1. The number of rotatable bonds is 6. The smallest absolute Gasteiger partial charge is 0.0430 e. The Morgan fingerprint density at radius 1 is 1.11 bits per heavy atom. The Balaban J connectivity index is 2.78. The van der Waals surface area contributed by atoms with Gasteiger partial charge in [-0.3, -0.25) is 0 Å². The number of benzene rings is 1. The molecule has 0 fully saturated rings. The lowest BCUT2D eigenvalue weighted by Gasteiger charge is -2.17. The highest BCUT2D eigenvalue weighted by Crippen LogP contribution is 2.20. The summed E-state index contributed by atoms with van der Waals surface area (Å²) in [6.45, 7) is 9.59. The quantitative estimate of drug-likeness (QED) is 0.736. The van der Waals surface area contributed by atoms with Crippen LogP contribution in [-0.4, -0.2) is 6.54 Å². The maximum Gasteiger partial charge on any atom is 0.0430 e. The van der Waals surface area contributed by atoms with E-state index in [0.717, 1.165) is 19.4 Å². The first-order valence-corrected chi connectivity index (χ1v) is 6.91. The van der Waals surface area contributed by atoms with Crippen molar-refractivity contribution in [3.8, 4) is 11.8 Å². The highest BCUT2D eigenvalue weighted by molar-refractivity contribution is 5.27. The van der Waals surface area contributed by atoms with Crippen LogP contribution in [0.3, 0.4) is 0 Å². The van der Waals surface area contributed by atoms with Crippen molar-refractivity contribution in [3.05, 3.63) is 35.4 Å². The molecule has 1 rings (SSSR count). The summed E-state index contributed by atoms with van der Waals surface area (Å²) in [6.07, 6.45) is 2.04. The zero-order valence-corrected chi connectivity index (χ0v) is 12.1. The maximum absolute atomic E-state index is 3.57. The van der Waals surface area contributed by atoms with Crippen LogP contribution in [0.25, 0.3) is 0 Å². The molecule has 1 unspecified atom stereocenters. The molecule has 0 aliphatic carbocycles. The van der Waals surface area contributed by atoms with E-state index in [9.17, 15) is 0 Å². The zero-order chi connectivity index (χ0) is 13.4. The summed E-state index contributed by atoms with van der Waals surface area (Å²) in [5.41, 5.74) is 2.74. The molecule has 0 saturated heterocycles. The Bertz CT molecular complexity index is 392. The Labute approximate surface area is 112 Å². The molecular formula is C17H25N. The fourth-order valence-corrected chi connectivity index (χ4v) is 1.94. The Hall–Kier alpha value is -1.26. The Morgan fingerprint density at radius 2 is 1.72 bits per heavy atom. The predicted octanol–water partition coefficient (Wildman–Crippen LogP) is 4.26. The van der Waals surface area contributed by atoms with E-state index in [1.54, 1.807) is 0 Å². The van der Waals surface area contributed by atoms with E-state index in [4.69, 9.17) is 0 Å². The summed E-state index contributed by atoms with van der Waals surface area (Å²) >= 11 is 0. The van der Waals surface area contributed by atoms with Crippen LogP contribution in [0.1, 0.15) is 63.6 Å². The van der Waals surface area contributed by atoms with Crippen LogP contribution in [0, 0.1) is 11.8 Å². The van der Waals surface area contributed by atoms with Gasteiger partial charge in [-0.15, -0.1) is 11.8 Å². The summed E-state index contributed by atoms with van der Waals surface area (Å²) in [5.74, 6) is 6.76. The fraction of sp³-hybridized carbons (Fsp3) is 0.529. The molecule has 0 bridgehead atoms. The third-order valence-corrected chi connectivity index (χ3v) is 3.13. The zero-order valence-electron chi connectivity index (χ0n) is 12.1. The van der Waals surface area contributed by atoms with Crippen LogP contribution in [0.15, 0.2) is 24.3 Å². The van der Waals surface area contributed by atoms with Gasteiger partial charge in [-0.1, -0.05) is 45.0 Å². The predicted molar refractivity (Wildman–Crippen MR) is 79.6 cm³/mol. The van der Waals surface area contributed by atoms with Gasteiger partial charge in [-0.2, -0.15) is 0 Å². The lowest BCUT2D eigenvalue weighted by Crippen LogP contribution is -2.21. The average Bonchev–Trinajstić information content (AvgIpc) is 2.39. The standard InChI is InChI=1S/C17H25N/c1-5-7-8-17(18-13-6-2)16-11-9-15(10-12-16)14(3)4/h9-12,14,17-18H,6,8,13H2,1-4H3. The van der Waals surface area contributed by atoms with Crippen LogP contribution in [0.5, 0.6) is 0 Å². The Morgan fingerprint density at radius 3 is 2.22 bits per heavy atom. The van der Waals surface area contributed by atoms with Gasteiger partial charge in [-0.25, -0.2) is 0 Å². The SMILES string of the molecule is CC#CCC(NCCC)c1ccc(C(C)C)cc1. The van der Waals surface area contributed by atoms with Gasteiger partial charge < -0.3 is 5.32 Å². The highest BCUT2D eigenvalue weighted by Gasteiger charge is 2.09. The first-order chi connectivity index (χ1) is 8.69. The van der Waals surface area contributed by atoms with E-state index in [1.165, 1.54) is 11.1 Å². The molecule has 98 valence electrons. The van der Waals surface area contributed by atoms with E-state index in [2.05, 4.69) is 62.2 Å². The molecule has 1 heteroatoms. The van der Waals surface area contributed by atoms with Gasteiger partial charge in [0, 0.05) is 12.5 Å². The van der Waals surface area contributed by atoms with Crippen molar-refractivity contribution in [1.82, 2.24) is 5.32 Å². The van der Waals surface area contributed by atoms with Crippen molar-refractivity contribution in [2.45, 2.75) is 52.5 Å². The molecule has 0 radical (unpaired) electrons. The molecule has 1 N–H and O–H groups in total. The summed E-state index contributed by atoms with van der Waals surface area (Å²) in [7, 11) is 0. The lowest BCUT2D eigenvalue weighted by atomic mass is 9.98. The fourth-order valence-electron chi connectivity index (χ4n) is 1.94. The summed E-state index contributed by atoms with van der Waals surface area (Å²) < 4.78 is 0. The van der Waals surface area contributed by atoms with Crippen LogP contribution in [0.4, 0.5) is 0 Å². The van der Waals surface area contributed by atoms with Crippen molar-refractivity contribution in [3.63, 3.8) is 0 Å². The Kier molecular flexibility index (Phi) is 6.54. The van der Waals surface area contributed by atoms with Gasteiger partial charge in [0.05, 0.1) is 0 Å². The molecule has 1 aromatic carbocycles. The molecule has 18 heavy (non-hydrogen) atoms. The molecule has 1 atom stereocenters. The van der Waals surface area contributed by atoms with E-state index >= 15 is 0 Å². The molecule has 0 spiro atoms. The minimum absolute atomic E-state index is 0.360. The highest BCUT2D eigenvalue weighted by atomic mass is 14.9. The van der Waals surface area contributed by atoms with Gasteiger partial charge >= 0.3 is 0 Å². The number of nitrogens with one attached hydrogen (secondary N) is 1.